The molecular weight excluding hydrogens is 294 g/mol. The zero-order valence-corrected chi connectivity index (χ0v) is 11.9. The third kappa shape index (κ3) is 2.68. The van der Waals surface area contributed by atoms with E-state index in [9.17, 15) is 4.79 Å². The normalized spacial score (nSPS) is 10.6. The van der Waals surface area contributed by atoms with Crippen molar-refractivity contribution in [3.05, 3.63) is 56.4 Å². The van der Waals surface area contributed by atoms with Crippen molar-refractivity contribution in [3.8, 4) is 5.69 Å². The van der Waals surface area contributed by atoms with Crippen LogP contribution in [-0.4, -0.2) is 16.8 Å². The molecule has 18 heavy (non-hydrogen) atoms. The molecule has 1 N–H and O–H groups in total. The van der Waals surface area contributed by atoms with Gasteiger partial charge in [-0.25, -0.2) is 4.68 Å². The quantitative estimate of drug-likeness (QED) is 0.944. The van der Waals surface area contributed by atoms with Crippen molar-refractivity contribution >= 4 is 15.9 Å². The van der Waals surface area contributed by atoms with Crippen LogP contribution in [0, 0.1) is 6.92 Å². The Hall–Kier alpha value is -1.46. The smallest absolute Gasteiger partial charge is 0.204 e. The van der Waals surface area contributed by atoms with Gasteiger partial charge in [0, 0.05) is 22.8 Å². The van der Waals surface area contributed by atoms with Crippen LogP contribution in [0.3, 0.4) is 0 Å². The molecule has 0 unspecified atom stereocenters. The third-order valence-corrected chi connectivity index (χ3v) is 3.12. The Labute approximate surface area is 114 Å². The van der Waals surface area contributed by atoms with Gasteiger partial charge in [0.15, 0.2) is 0 Å². The van der Waals surface area contributed by atoms with E-state index in [1.54, 1.807) is 17.8 Å². The third-order valence-electron chi connectivity index (χ3n) is 2.59. The summed E-state index contributed by atoms with van der Waals surface area (Å²) in [6.07, 6.45) is 0. The van der Waals surface area contributed by atoms with Crippen molar-refractivity contribution in [2.75, 3.05) is 7.05 Å². The first-order chi connectivity index (χ1) is 8.61. The van der Waals surface area contributed by atoms with Crippen molar-refractivity contribution in [3.63, 3.8) is 0 Å². The van der Waals surface area contributed by atoms with E-state index in [2.05, 4.69) is 26.3 Å². The van der Waals surface area contributed by atoms with Crippen LogP contribution in [0.15, 0.2) is 39.6 Å². The zero-order chi connectivity index (χ0) is 13.1. The second-order valence-electron chi connectivity index (χ2n) is 4.02. The van der Waals surface area contributed by atoms with E-state index in [1.165, 1.54) is 0 Å². The Balaban J connectivity index is 2.53. The minimum atomic E-state index is -0.0322. The van der Waals surface area contributed by atoms with Crippen LogP contribution in [0.5, 0.6) is 0 Å². The van der Waals surface area contributed by atoms with Gasteiger partial charge in [0.25, 0.3) is 0 Å². The SMILES string of the molecule is CNCc1nn(-c2ccc(Br)cc2)c(C)cc1=O. The molecule has 0 saturated carbocycles. The van der Waals surface area contributed by atoms with Crippen LogP contribution in [0.25, 0.3) is 5.69 Å². The first-order valence-corrected chi connectivity index (χ1v) is 6.41. The first kappa shape index (κ1) is 13.0. The topological polar surface area (TPSA) is 46.9 Å². The number of hydrogen-bond acceptors (Lipinski definition) is 3. The molecule has 5 heteroatoms. The van der Waals surface area contributed by atoms with E-state index in [0.29, 0.717) is 12.2 Å². The number of aromatic nitrogens is 2. The van der Waals surface area contributed by atoms with Crippen LogP contribution in [0.1, 0.15) is 11.4 Å². The molecule has 0 spiro atoms. The molecule has 0 amide bonds. The molecule has 1 aromatic heterocycles. The number of benzene rings is 1. The monoisotopic (exact) mass is 307 g/mol. The van der Waals surface area contributed by atoms with E-state index in [0.717, 1.165) is 15.9 Å². The molecule has 0 atom stereocenters. The first-order valence-electron chi connectivity index (χ1n) is 5.62. The van der Waals surface area contributed by atoms with E-state index >= 15 is 0 Å². The largest absolute Gasteiger partial charge is 0.314 e. The Morgan fingerprint density at radius 1 is 1.33 bits per heavy atom. The average Bonchev–Trinajstić information content (AvgIpc) is 2.34. The fraction of sp³-hybridized carbons (Fsp3) is 0.231. The molecule has 2 aromatic rings. The standard InChI is InChI=1S/C13H14BrN3O/c1-9-7-13(18)12(8-15-2)16-17(9)11-5-3-10(14)4-6-11/h3-7,15H,8H2,1-2H3. The summed E-state index contributed by atoms with van der Waals surface area (Å²) in [4.78, 5) is 11.7. The summed E-state index contributed by atoms with van der Waals surface area (Å²) < 4.78 is 2.79. The Morgan fingerprint density at radius 3 is 2.61 bits per heavy atom. The summed E-state index contributed by atoms with van der Waals surface area (Å²) in [5.74, 6) is 0. The molecule has 0 fully saturated rings. The molecule has 1 aromatic carbocycles. The van der Waals surface area contributed by atoms with Crippen molar-refractivity contribution in [1.82, 2.24) is 15.1 Å². The molecule has 0 aliphatic carbocycles. The highest BCUT2D eigenvalue weighted by Gasteiger charge is 2.06. The van der Waals surface area contributed by atoms with Crippen LogP contribution in [0.4, 0.5) is 0 Å². The van der Waals surface area contributed by atoms with Gasteiger partial charge in [-0.3, -0.25) is 4.79 Å². The number of hydrogen-bond donors (Lipinski definition) is 1. The molecule has 0 aliphatic rings. The van der Waals surface area contributed by atoms with Gasteiger partial charge in [-0.2, -0.15) is 5.10 Å². The number of rotatable bonds is 3. The van der Waals surface area contributed by atoms with Crippen LogP contribution in [0.2, 0.25) is 0 Å². The van der Waals surface area contributed by atoms with Gasteiger partial charge in [-0.1, -0.05) is 15.9 Å². The van der Waals surface area contributed by atoms with Crippen LogP contribution in [-0.2, 0) is 6.54 Å². The summed E-state index contributed by atoms with van der Waals surface area (Å²) in [5, 5.41) is 7.34. The second kappa shape index (κ2) is 5.46. The summed E-state index contributed by atoms with van der Waals surface area (Å²) in [7, 11) is 1.80. The molecule has 0 aliphatic heterocycles. The highest BCUT2D eigenvalue weighted by molar-refractivity contribution is 9.10. The Kier molecular flexibility index (Phi) is 3.93. The molecule has 0 radical (unpaired) electrons. The molecule has 1 heterocycles. The second-order valence-corrected chi connectivity index (χ2v) is 4.93. The van der Waals surface area contributed by atoms with E-state index in [1.807, 2.05) is 31.2 Å². The highest BCUT2D eigenvalue weighted by Crippen LogP contribution is 2.14. The van der Waals surface area contributed by atoms with Gasteiger partial charge < -0.3 is 5.32 Å². The van der Waals surface area contributed by atoms with Crippen LogP contribution >= 0.6 is 15.9 Å². The van der Waals surface area contributed by atoms with E-state index < -0.39 is 0 Å². The fourth-order valence-electron chi connectivity index (χ4n) is 1.72. The van der Waals surface area contributed by atoms with Gasteiger partial charge in [-0.05, 0) is 38.2 Å². The summed E-state index contributed by atoms with van der Waals surface area (Å²) in [6.45, 7) is 2.34. The van der Waals surface area contributed by atoms with Crippen molar-refractivity contribution in [2.45, 2.75) is 13.5 Å². The van der Waals surface area contributed by atoms with Crippen molar-refractivity contribution in [2.24, 2.45) is 0 Å². The lowest BCUT2D eigenvalue weighted by atomic mass is 10.3. The van der Waals surface area contributed by atoms with Gasteiger partial charge in [0.2, 0.25) is 5.43 Å². The fourth-order valence-corrected chi connectivity index (χ4v) is 1.98. The lowest BCUT2D eigenvalue weighted by molar-refractivity contribution is 0.704. The van der Waals surface area contributed by atoms with Crippen LogP contribution < -0.4 is 10.7 Å². The van der Waals surface area contributed by atoms with Gasteiger partial charge in [0.05, 0.1) is 5.69 Å². The van der Waals surface area contributed by atoms with Gasteiger partial charge in [0.1, 0.15) is 5.69 Å². The highest BCUT2D eigenvalue weighted by atomic mass is 79.9. The minimum Gasteiger partial charge on any atom is -0.314 e. The van der Waals surface area contributed by atoms with Crippen molar-refractivity contribution < 1.29 is 0 Å². The predicted octanol–water partition coefficient (Wildman–Crippen LogP) is 2.02. The summed E-state index contributed by atoms with van der Waals surface area (Å²) in [5.41, 5.74) is 2.25. The molecule has 4 nitrogen and oxygen atoms in total. The molecule has 0 saturated heterocycles. The maximum atomic E-state index is 11.7. The number of halogens is 1. The summed E-state index contributed by atoms with van der Waals surface area (Å²) >= 11 is 3.40. The molecular formula is C13H14BrN3O. The average molecular weight is 308 g/mol. The predicted molar refractivity (Wildman–Crippen MR) is 75.0 cm³/mol. The molecule has 94 valence electrons. The maximum Gasteiger partial charge on any atom is 0.204 e. The maximum absolute atomic E-state index is 11.7. The Morgan fingerprint density at radius 2 is 2.00 bits per heavy atom. The van der Waals surface area contributed by atoms with Crippen molar-refractivity contribution in [1.29, 1.82) is 0 Å². The Bertz CT molecular complexity index is 605. The minimum absolute atomic E-state index is 0.0322. The molecule has 2 rings (SSSR count). The number of nitrogens with zero attached hydrogens (tertiary/aromatic N) is 2. The zero-order valence-electron chi connectivity index (χ0n) is 10.3. The number of nitrogens with one attached hydrogen (secondary N) is 1. The summed E-state index contributed by atoms with van der Waals surface area (Å²) in [6, 6.07) is 9.43. The lowest BCUT2D eigenvalue weighted by Gasteiger charge is -2.11. The van der Waals surface area contributed by atoms with E-state index in [-0.39, 0.29) is 5.43 Å². The van der Waals surface area contributed by atoms with E-state index in [4.69, 9.17) is 0 Å². The molecule has 0 bridgehead atoms. The van der Waals surface area contributed by atoms with Gasteiger partial charge >= 0.3 is 0 Å². The lowest BCUT2D eigenvalue weighted by Crippen LogP contribution is -2.22. The number of aryl methyl sites for hydroxylation is 1. The van der Waals surface area contributed by atoms with Gasteiger partial charge in [-0.15, -0.1) is 0 Å².